The summed E-state index contributed by atoms with van der Waals surface area (Å²) in [6.07, 6.45) is 0. The van der Waals surface area contributed by atoms with Crippen molar-refractivity contribution < 1.29 is 0 Å². The second-order valence-corrected chi connectivity index (χ2v) is 35.0. The molecule has 2 aliphatic rings. The molecule has 0 radical (unpaired) electrons. The van der Waals surface area contributed by atoms with E-state index >= 15 is 0 Å². The Morgan fingerprint density at radius 1 is 0.407 bits per heavy atom. The predicted octanol–water partition coefficient (Wildman–Crippen LogP) is 5.25. The first kappa shape index (κ1) is 24.3. The average Bonchev–Trinajstić information content (AvgIpc) is 2.14. The Morgan fingerprint density at radius 3 is 0.667 bits per heavy atom. The minimum atomic E-state index is -3.21. The van der Waals surface area contributed by atoms with Gasteiger partial charge < -0.3 is 0 Å². The molecule has 0 amide bonds. The standard InChI is InChI=1S/2C10H24N2Si.Sn/c2*1-9(2,3)11-13(7,8)12-10(4,5)6;/h2*1-8H3;/q2*-2;+4. The van der Waals surface area contributed by atoms with E-state index in [1.165, 1.54) is 0 Å². The van der Waals surface area contributed by atoms with Gasteiger partial charge in [-0.15, -0.1) is 0 Å². The van der Waals surface area contributed by atoms with Crippen molar-refractivity contribution in [2.45, 2.75) is 131 Å². The fourth-order valence-corrected chi connectivity index (χ4v) is 66.9. The normalized spacial score (nSPS) is 27.6. The van der Waals surface area contributed by atoms with Gasteiger partial charge in [0.15, 0.2) is 0 Å². The van der Waals surface area contributed by atoms with Crippen LogP contribution in [0.4, 0.5) is 0 Å². The minimum absolute atomic E-state index is 0.214. The molecule has 0 N–H and O–H groups in total. The third-order valence-corrected chi connectivity index (χ3v) is 54.4. The molecule has 0 aromatic carbocycles. The van der Waals surface area contributed by atoms with E-state index in [9.17, 15) is 0 Å². The summed E-state index contributed by atoms with van der Waals surface area (Å²) in [6, 6.07) is 0. The molecular formula is C20H48N4Si2Sn. The van der Waals surface area contributed by atoms with Gasteiger partial charge in [0.25, 0.3) is 0 Å². The van der Waals surface area contributed by atoms with Gasteiger partial charge in [-0.1, -0.05) is 0 Å². The van der Waals surface area contributed by atoms with Gasteiger partial charge in [-0.3, -0.25) is 0 Å². The fraction of sp³-hybridized carbons (Fsp3) is 1.00. The molecule has 1 spiro atoms. The van der Waals surface area contributed by atoms with E-state index in [0.717, 1.165) is 0 Å². The van der Waals surface area contributed by atoms with E-state index in [2.05, 4.69) is 120 Å². The Kier molecular flexibility index (Phi) is 5.47. The van der Waals surface area contributed by atoms with Crippen LogP contribution in [0.5, 0.6) is 0 Å². The molecule has 0 bridgehead atoms. The van der Waals surface area contributed by atoms with Gasteiger partial charge in [0.2, 0.25) is 0 Å². The molecule has 2 heterocycles. The van der Waals surface area contributed by atoms with Crippen LogP contribution in [0.25, 0.3) is 0 Å². The van der Waals surface area contributed by atoms with Crippen LogP contribution in [-0.4, -0.2) is 69.6 Å². The molecule has 2 rings (SSSR count). The van der Waals surface area contributed by atoms with Gasteiger partial charge in [0.05, 0.1) is 0 Å². The van der Waals surface area contributed by atoms with E-state index in [1.54, 1.807) is 0 Å². The summed E-state index contributed by atoms with van der Waals surface area (Å²) in [4.78, 5) is 0. The summed E-state index contributed by atoms with van der Waals surface area (Å²) in [7, 11) is -3.38. The molecular weight excluding hydrogens is 471 g/mol. The first-order chi connectivity index (χ1) is 11.5. The van der Waals surface area contributed by atoms with Crippen LogP contribution < -0.4 is 0 Å². The maximum atomic E-state index is 3.13. The van der Waals surface area contributed by atoms with E-state index in [1.807, 2.05) is 0 Å². The van der Waals surface area contributed by atoms with Crippen molar-refractivity contribution in [2.24, 2.45) is 0 Å². The second-order valence-electron chi connectivity index (χ2n) is 13.6. The molecule has 27 heavy (non-hydrogen) atoms. The van der Waals surface area contributed by atoms with Gasteiger partial charge >= 0.3 is 179 Å². The molecule has 0 saturated carbocycles. The zero-order valence-corrected chi connectivity index (χ0v) is 26.1. The van der Waals surface area contributed by atoms with E-state index < -0.39 is 36.3 Å². The van der Waals surface area contributed by atoms with Gasteiger partial charge in [-0.05, 0) is 0 Å². The number of hydrogen-bond donors (Lipinski definition) is 0. The van der Waals surface area contributed by atoms with Crippen LogP contribution in [0.3, 0.4) is 0 Å². The topological polar surface area (TPSA) is 13.0 Å². The van der Waals surface area contributed by atoms with Crippen LogP contribution in [0, 0.1) is 0 Å². The zero-order valence-electron chi connectivity index (χ0n) is 21.3. The van der Waals surface area contributed by atoms with Gasteiger partial charge in [-0.2, -0.15) is 0 Å². The van der Waals surface area contributed by atoms with Crippen LogP contribution >= 0.6 is 0 Å². The summed E-state index contributed by atoms with van der Waals surface area (Å²) in [5.74, 6) is 0. The Hall–Kier alpha value is 1.07. The monoisotopic (exact) mass is 520 g/mol. The summed E-state index contributed by atoms with van der Waals surface area (Å²) < 4.78 is 12.5. The first-order valence-corrected chi connectivity index (χ1v) is 21.6. The number of nitrogens with zero attached hydrogens (tertiary/aromatic N) is 4. The predicted molar refractivity (Wildman–Crippen MR) is 127 cm³/mol. The maximum absolute atomic E-state index is 3.21. The third kappa shape index (κ3) is 3.19. The van der Waals surface area contributed by atoms with Crippen LogP contribution in [0.2, 0.25) is 26.2 Å². The average molecular weight is 520 g/mol. The van der Waals surface area contributed by atoms with Crippen molar-refractivity contribution >= 4 is 36.3 Å². The summed E-state index contributed by atoms with van der Waals surface area (Å²) in [5.41, 5.74) is 0.855. The molecule has 7 heteroatoms. The molecule has 160 valence electrons. The van der Waals surface area contributed by atoms with Crippen LogP contribution in [0.1, 0.15) is 83.1 Å². The summed E-state index contributed by atoms with van der Waals surface area (Å²) in [6.45, 7) is 40.0. The Balaban J connectivity index is 2.89. The van der Waals surface area contributed by atoms with Crippen molar-refractivity contribution in [1.29, 1.82) is 0 Å². The van der Waals surface area contributed by atoms with E-state index in [4.69, 9.17) is 0 Å². The van der Waals surface area contributed by atoms with Gasteiger partial charge in [0.1, 0.15) is 0 Å². The molecule has 2 aliphatic heterocycles. The Labute approximate surface area is 178 Å². The molecule has 2 saturated heterocycles. The molecule has 0 atom stereocenters. The van der Waals surface area contributed by atoms with Gasteiger partial charge in [-0.25, -0.2) is 0 Å². The molecule has 0 unspecified atom stereocenters. The van der Waals surface area contributed by atoms with Crippen molar-refractivity contribution in [3.8, 4) is 0 Å². The Bertz CT molecular complexity index is 500. The van der Waals surface area contributed by atoms with Crippen molar-refractivity contribution in [2.75, 3.05) is 0 Å². The Morgan fingerprint density at radius 2 is 0.556 bits per heavy atom. The summed E-state index contributed by atoms with van der Waals surface area (Å²) in [5, 5.41) is 0. The fourth-order valence-electron chi connectivity index (χ4n) is 7.26. The quantitative estimate of drug-likeness (QED) is 0.405. The van der Waals surface area contributed by atoms with Crippen LogP contribution in [0.15, 0.2) is 0 Å². The molecule has 4 nitrogen and oxygen atoms in total. The van der Waals surface area contributed by atoms with Crippen molar-refractivity contribution in [3.05, 3.63) is 0 Å². The van der Waals surface area contributed by atoms with Crippen LogP contribution in [-0.2, 0) is 0 Å². The van der Waals surface area contributed by atoms with Crippen molar-refractivity contribution in [1.82, 2.24) is 11.1 Å². The summed E-state index contributed by atoms with van der Waals surface area (Å²) >= 11 is -3.21. The number of rotatable bonds is 0. The van der Waals surface area contributed by atoms with Crippen molar-refractivity contribution in [3.63, 3.8) is 0 Å². The SMILES string of the molecule is CC(C)(C)[N]1[Si](C)(C)[N](C(C)(C)C)[Sn]12[N](C(C)(C)C)[Si](C)(C)[N]2C(C)(C)C. The van der Waals surface area contributed by atoms with E-state index in [0.29, 0.717) is 0 Å². The third-order valence-electron chi connectivity index (χ3n) is 6.07. The van der Waals surface area contributed by atoms with E-state index in [-0.39, 0.29) is 22.2 Å². The number of hydrogen-bond acceptors (Lipinski definition) is 4. The first-order valence-electron chi connectivity index (χ1n) is 10.7. The zero-order chi connectivity index (χ0) is 21.8. The molecule has 0 aromatic heterocycles. The molecule has 0 aromatic rings. The molecule has 2 fully saturated rings. The van der Waals surface area contributed by atoms with Gasteiger partial charge in [0, 0.05) is 0 Å². The second kappa shape index (κ2) is 6.07. The molecule has 0 aliphatic carbocycles.